The van der Waals surface area contributed by atoms with Crippen molar-refractivity contribution in [2.75, 3.05) is 18.5 Å². The molecule has 4 nitrogen and oxygen atoms in total. The van der Waals surface area contributed by atoms with Gasteiger partial charge in [-0.25, -0.2) is 0 Å². The maximum atomic E-state index is 12.5. The number of ether oxygens (including phenoxy) is 2. The molecule has 0 radical (unpaired) electrons. The molecule has 0 saturated carbocycles. The summed E-state index contributed by atoms with van der Waals surface area (Å²) in [5.74, 6) is 1.24. The zero-order valence-electron chi connectivity index (χ0n) is 14.4. The summed E-state index contributed by atoms with van der Waals surface area (Å²) in [7, 11) is 0. The lowest BCUT2D eigenvalue weighted by Crippen LogP contribution is -2.14. The molecule has 0 heterocycles. The zero-order chi connectivity index (χ0) is 17.2. The van der Waals surface area contributed by atoms with Crippen molar-refractivity contribution in [2.24, 2.45) is 0 Å². The molecule has 0 saturated heterocycles. The Morgan fingerprint density at radius 2 is 1.67 bits per heavy atom. The molecule has 0 bridgehead atoms. The lowest BCUT2D eigenvalue weighted by molar-refractivity contribution is 0.102. The Hall–Kier alpha value is -2.49. The molecule has 0 unspecified atom stereocenters. The Bertz CT molecular complexity index is 638. The summed E-state index contributed by atoms with van der Waals surface area (Å²) in [6.07, 6.45) is 2.99. The van der Waals surface area contributed by atoms with E-state index in [4.69, 9.17) is 9.47 Å². The van der Waals surface area contributed by atoms with Crippen LogP contribution in [0.3, 0.4) is 0 Å². The van der Waals surface area contributed by atoms with Crippen molar-refractivity contribution in [3.8, 4) is 11.5 Å². The van der Waals surface area contributed by atoms with Crippen molar-refractivity contribution in [3.63, 3.8) is 0 Å². The number of unbranched alkanes of at least 4 members (excludes halogenated alkanes) is 1. The molecular formula is C20H25NO3. The van der Waals surface area contributed by atoms with Crippen LogP contribution in [0.2, 0.25) is 0 Å². The molecule has 128 valence electrons. The van der Waals surface area contributed by atoms with Crippen molar-refractivity contribution in [3.05, 3.63) is 54.1 Å². The monoisotopic (exact) mass is 327 g/mol. The molecule has 24 heavy (non-hydrogen) atoms. The maximum absolute atomic E-state index is 12.5. The first-order valence-electron chi connectivity index (χ1n) is 8.50. The van der Waals surface area contributed by atoms with Crippen LogP contribution in [0.25, 0.3) is 0 Å². The minimum atomic E-state index is -0.177. The molecule has 0 aliphatic heterocycles. The van der Waals surface area contributed by atoms with Gasteiger partial charge in [0.2, 0.25) is 0 Å². The van der Waals surface area contributed by atoms with Crippen LogP contribution in [0.4, 0.5) is 5.69 Å². The average molecular weight is 327 g/mol. The second kappa shape index (κ2) is 9.60. The minimum absolute atomic E-state index is 0.177. The normalized spacial score (nSPS) is 10.2. The summed E-state index contributed by atoms with van der Waals surface area (Å²) in [5.41, 5.74) is 1.27. The van der Waals surface area contributed by atoms with Crippen molar-refractivity contribution in [2.45, 2.75) is 33.1 Å². The molecule has 2 rings (SSSR count). The lowest BCUT2D eigenvalue weighted by atomic mass is 10.2. The maximum Gasteiger partial charge on any atom is 0.259 e. The van der Waals surface area contributed by atoms with E-state index in [-0.39, 0.29) is 5.91 Å². The van der Waals surface area contributed by atoms with Crippen molar-refractivity contribution in [1.82, 2.24) is 0 Å². The Morgan fingerprint density at radius 3 is 2.38 bits per heavy atom. The topological polar surface area (TPSA) is 47.6 Å². The number of nitrogens with one attached hydrogen (secondary N) is 1. The van der Waals surface area contributed by atoms with Crippen LogP contribution in [0.15, 0.2) is 48.5 Å². The fourth-order valence-electron chi connectivity index (χ4n) is 2.16. The molecule has 1 amide bonds. The SMILES string of the molecule is CCCCOc1ccccc1C(=O)Nc1ccc(OCCC)cc1. The molecule has 0 spiro atoms. The third kappa shape index (κ3) is 5.30. The van der Waals surface area contributed by atoms with Crippen LogP contribution in [0.5, 0.6) is 11.5 Å². The molecule has 0 aliphatic carbocycles. The number of para-hydroxylation sites is 1. The Kier molecular flexibility index (Phi) is 7.15. The minimum Gasteiger partial charge on any atom is -0.494 e. The van der Waals surface area contributed by atoms with E-state index < -0.39 is 0 Å². The summed E-state index contributed by atoms with van der Waals surface area (Å²) >= 11 is 0. The molecule has 1 N–H and O–H groups in total. The number of benzene rings is 2. The van der Waals surface area contributed by atoms with E-state index in [0.717, 1.165) is 30.7 Å². The molecule has 0 atom stereocenters. The van der Waals surface area contributed by atoms with E-state index in [1.54, 1.807) is 6.07 Å². The van der Waals surface area contributed by atoms with Gasteiger partial charge < -0.3 is 14.8 Å². The highest BCUT2D eigenvalue weighted by atomic mass is 16.5. The fourth-order valence-corrected chi connectivity index (χ4v) is 2.16. The fraction of sp³-hybridized carbons (Fsp3) is 0.350. The van der Waals surface area contributed by atoms with Gasteiger partial charge in [0, 0.05) is 5.69 Å². The highest BCUT2D eigenvalue weighted by Crippen LogP contribution is 2.21. The van der Waals surface area contributed by atoms with Gasteiger partial charge in [-0.2, -0.15) is 0 Å². The predicted octanol–water partition coefficient (Wildman–Crippen LogP) is 4.91. The first-order chi connectivity index (χ1) is 11.7. The van der Waals surface area contributed by atoms with Crippen LogP contribution in [-0.2, 0) is 0 Å². The van der Waals surface area contributed by atoms with Gasteiger partial charge in [-0.3, -0.25) is 4.79 Å². The Labute approximate surface area is 143 Å². The molecule has 0 fully saturated rings. The van der Waals surface area contributed by atoms with Gasteiger partial charge in [0.1, 0.15) is 11.5 Å². The summed E-state index contributed by atoms with van der Waals surface area (Å²) in [4.78, 5) is 12.5. The molecule has 4 heteroatoms. The van der Waals surface area contributed by atoms with E-state index in [1.807, 2.05) is 42.5 Å². The first-order valence-corrected chi connectivity index (χ1v) is 8.50. The van der Waals surface area contributed by atoms with Crippen LogP contribution in [0, 0.1) is 0 Å². The summed E-state index contributed by atoms with van der Waals surface area (Å²) in [6, 6.07) is 14.7. The van der Waals surface area contributed by atoms with E-state index in [9.17, 15) is 4.79 Å². The van der Waals surface area contributed by atoms with Gasteiger partial charge in [-0.1, -0.05) is 32.4 Å². The molecule has 2 aromatic carbocycles. The van der Waals surface area contributed by atoms with Gasteiger partial charge in [0.15, 0.2) is 0 Å². The number of hydrogen-bond donors (Lipinski definition) is 1. The number of anilines is 1. The van der Waals surface area contributed by atoms with Crippen LogP contribution >= 0.6 is 0 Å². The van der Waals surface area contributed by atoms with Gasteiger partial charge in [0.25, 0.3) is 5.91 Å². The third-order valence-corrected chi connectivity index (χ3v) is 3.47. The standard InChI is InChI=1S/C20H25NO3/c1-3-5-15-24-19-9-7-6-8-18(19)20(22)21-16-10-12-17(13-11-16)23-14-4-2/h6-13H,3-5,14-15H2,1-2H3,(H,21,22). The van der Waals surface area contributed by atoms with Gasteiger partial charge in [-0.15, -0.1) is 0 Å². The van der Waals surface area contributed by atoms with E-state index >= 15 is 0 Å². The Morgan fingerprint density at radius 1 is 0.917 bits per heavy atom. The third-order valence-electron chi connectivity index (χ3n) is 3.47. The van der Waals surface area contributed by atoms with Gasteiger partial charge in [0.05, 0.1) is 18.8 Å². The second-order valence-electron chi connectivity index (χ2n) is 5.53. The number of rotatable bonds is 9. The second-order valence-corrected chi connectivity index (χ2v) is 5.53. The van der Waals surface area contributed by atoms with Crippen molar-refractivity contribution in [1.29, 1.82) is 0 Å². The predicted molar refractivity (Wildman–Crippen MR) is 97.0 cm³/mol. The molecular weight excluding hydrogens is 302 g/mol. The molecule has 0 aliphatic rings. The quantitative estimate of drug-likeness (QED) is 0.666. The van der Waals surface area contributed by atoms with Crippen molar-refractivity contribution >= 4 is 11.6 Å². The van der Waals surface area contributed by atoms with Gasteiger partial charge >= 0.3 is 0 Å². The largest absolute Gasteiger partial charge is 0.494 e. The molecule has 0 aromatic heterocycles. The van der Waals surface area contributed by atoms with Gasteiger partial charge in [-0.05, 0) is 49.2 Å². The number of amides is 1. The summed E-state index contributed by atoms with van der Waals surface area (Å²) < 4.78 is 11.3. The van der Waals surface area contributed by atoms with E-state index in [2.05, 4.69) is 19.2 Å². The van der Waals surface area contributed by atoms with Crippen molar-refractivity contribution < 1.29 is 14.3 Å². The first kappa shape index (κ1) is 17.9. The van der Waals surface area contributed by atoms with E-state index in [1.165, 1.54) is 0 Å². The summed E-state index contributed by atoms with van der Waals surface area (Å²) in [6.45, 7) is 5.48. The lowest BCUT2D eigenvalue weighted by Gasteiger charge is -2.12. The number of hydrogen-bond acceptors (Lipinski definition) is 3. The van der Waals surface area contributed by atoms with Crippen LogP contribution in [0.1, 0.15) is 43.5 Å². The smallest absolute Gasteiger partial charge is 0.259 e. The van der Waals surface area contributed by atoms with Crippen LogP contribution < -0.4 is 14.8 Å². The average Bonchev–Trinajstić information content (AvgIpc) is 2.62. The highest BCUT2D eigenvalue weighted by molar-refractivity contribution is 6.06. The van der Waals surface area contributed by atoms with E-state index in [0.29, 0.717) is 24.5 Å². The highest BCUT2D eigenvalue weighted by Gasteiger charge is 2.12. The molecule has 2 aromatic rings. The Balaban J connectivity index is 2.01. The van der Waals surface area contributed by atoms with Crippen LogP contribution in [-0.4, -0.2) is 19.1 Å². The number of carbonyl (C=O) groups is 1. The summed E-state index contributed by atoms with van der Waals surface area (Å²) in [5, 5.41) is 2.90. The number of carbonyl (C=O) groups excluding carboxylic acids is 1. The zero-order valence-corrected chi connectivity index (χ0v) is 14.4.